The van der Waals surface area contributed by atoms with E-state index in [4.69, 9.17) is 21.4 Å². The van der Waals surface area contributed by atoms with E-state index in [0.717, 1.165) is 5.56 Å². The number of nitrogens with one attached hydrogen (secondary N) is 1. The van der Waals surface area contributed by atoms with Gasteiger partial charge in [-0.15, -0.1) is 0 Å². The molecule has 6 heteroatoms. The molecule has 0 aliphatic carbocycles. The lowest BCUT2D eigenvalue weighted by molar-refractivity contribution is -0.142. The zero-order valence-corrected chi connectivity index (χ0v) is 12.2. The quantitative estimate of drug-likeness (QED) is 0.758. The topological polar surface area (TPSA) is 75.6 Å². The molecular weight excluding hydrogens is 282 g/mol. The predicted molar refractivity (Wildman–Crippen MR) is 76.3 cm³/mol. The Kier molecular flexibility index (Phi) is 6.48. The molecule has 110 valence electrons. The number of hydrogen-bond acceptors (Lipinski definition) is 3. The molecule has 0 bridgehead atoms. The van der Waals surface area contributed by atoms with Gasteiger partial charge in [-0.2, -0.15) is 0 Å². The van der Waals surface area contributed by atoms with Crippen molar-refractivity contribution in [3.63, 3.8) is 0 Å². The molecule has 0 heterocycles. The van der Waals surface area contributed by atoms with Gasteiger partial charge in [0.2, 0.25) is 0 Å². The molecule has 0 aromatic heterocycles. The smallest absolute Gasteiger partial charge is 0.329 e. The number of halogens is 1. The summed E-state index contributed by atoms with van der Waals surface area (Å²) in [6.45, 7) is 4.08. The fraction of sp³-hybridized carbons (Fsp3) is 0.429. The first-order valence-electron chi connectivity index (χ1n) is 6.29. The lowest BCUT2D eigenvalue weighted by Crippen LogP contribution is -2.28. The molecule has 1 rings (SSSR count). The van der Waals surface area contributed by atoms with Crippen LogP contribution in [0.2, 0.25) is 5.02 Å². The number of benzene rings is 1. The van der Waals surface area contributed by atoms with E-state index in [9.17, 15) is 9.59 Å². The SMILES string of the molecule is CC(C)c1ccc(C(=O)NCCOCC(=O)O)cc1Cl. The van der Waals surface area contributed by atoms with E-state index in [1.165, 1.54) is 0 Å². The van der Waals surface area contributed by atoms with Gasteiger partial charge in [-0.05, 0) is 23.6 Å². The van der Waals surface area contributed by atoms with Crippen molar-refractivity contribution in [2.75, 3.05) is 19.8 Å². The monoisotopic (exact) mass is 299 g/mol. The summed E-state index contributed by atoms with van der Waals surface area (Å²) in [7, 11) is 0. The first-order chi connectivity index (χ1) is 9.41. The van der Waals surface area contributed by atoms with Gasteiger partial charge in [-0.1, -0.05) is 31.5 Å². The minimum absolute atomic E-state index is 0.149. The van der Waals surface area contributed by atoms with Crippen LogP contribution in [0.15, 0.2) is 18.2 Å². The number of hydrogen-bond donors (Lipinski definition) is 2. The highest BCUT2D eigenvalue weighted by Gasteiger charge is 2.10. The molecule has 0 aliphatic heterocycles. The molecule has 0 saturated carbocycles. The molecule has 0 spiro atoms. The molecule has 0 atom stereocenters. The van der Waals surface area contributed by atoms with Gasteiger partial charge in [0, 0.05) is 17.1 Å². The largest absolute Gasteiger partial charge is 0.480 e. The van der Waals surface area contributed by atoms with Crippen LogP contribution >= 0.6 is 11.6 Å². The number of carbonyl (C=O) groups is 2. The van der Waals surface area contributed by atoms with Gasteiger partial charge < -0.3 is 15.2 Å². The van der Waals surface area contributed by atoms with Crippen molar-refractivity contribution in [1.29, 1.82) is 0 Å². The summed E-state index contributed by atoms with van der Waals surface area (Å²) in [5.41, 5.74) is 1.46. The summed E-state index contributed by atoms with van der Waals surface area (Å²) in [4.78, 5) is 22.0. The molecule has 5 nitrogen and oxygen atoms in total. The molecule has 0 saturated heterocycles. The Hall–Kier alpha value is -1.59. The Morgan fingerprint density at radius 1 is 1.40 bits per heavy atom. The van der Waals surface area contributed by atoms with Gasteiger partial charge in [0.25, 0.3) is 5.91 Å². The van der Waals surface area contributed by atoms with E-state index < -0.39 is 5.97 Å². The number of carboxylic acid groups (broad SMARTS) is 1. The summed E-state index contributed by atoms with van der Waals surface area (Å²) in [5.74, 6) is -1.00. The average Bonchev–Trinajstić information content (AvgIpc) is 2.37. The van der Waals surface area contributed by atoms with Gasteiger partial charge in [-0.25, -0.2) is 4.79 Å². The predicted octanol–water partition coefficient (Wildman–Crippen LogP) is 2.29. The minimum atomic E-state index is -1.03. The highest BCUT2D eigenvalue weighted by atomic mass is 35.5. The molecular formula is C14H18ClNO4. The van der Waals surface area contributed by atoms with Crippen LogP contribution in [0, 0.1) is 0 Å². The molecule has 0 aliphatic rings. The molecule has 1 amide bonds. The van der Waals surface area contributed by atoms with Gasteiger partial charge in [0.1, 0.15) is 6.61 Å². The van der Waals surface area contributed by atoms with Crippen molar-refractivity contribution in [3.8, 4) is 0 Å². The second kappa shape index (κ2) is 7.87. The van der Waals surface area contributed by atoms with Crippen LogP contribution in [-0.4, -0.2) is 36.7 Å². The number of rotatable bonds is 7. The lowest BCUT2D eigenvalue weighted by atomic mass is 10.0. The lowest BCUT2D eigenvalue weighted by Gasteiger charge is -2.10. The maximum atomic E-state index is 11.8. The van der Waals surface area contributed by atoms with Gasteiger partial charge >= 0.3 is 5.97 Å². The van der Waals surface area contributed by atoms with E-state index in [-0.39, 0.29) is 25.7 Å². The van der Waals surface area contributed by atoms with Gasteiger partial charge in [0.05, 0.1) is 6.61 Å². The van der Waals surface area contributed by atoms with E-state index in [1.54, 1.807) is 12.1 Å². The van der Waals surface area contributed by atoms with Crippen LogP contribution < -0.4 is 5.32 Å². The molecule has 0 fully saturated rings. The van der Waals surface area contributed by atoms with Crippen molar-refractivity contribution in [1.82, 2.24) is 5.32 Å². The van der Waals surface area contributed by atoms with Crippen LogP contribution in [0.1, 0.15) is 35.7 Å². The fourth-order valence-corrected chi connectivity index (χ4v) is 2.03. The summed E-state index contributed by atoms with van der Waals surface area (Å²) in [6.07, 6.45) is 0. The third kappa shape index (κ3) is 5.19. The molecule has 1 aromatic carbocycles. The van der Waals surface area contributed by atoms with Crippen LogP contribution in [0.5, 0.6) is 0 Å². The molecule has 2 N–H and O–H groups in total. The van der Waals surface area contributed by atoms with Crippen LogP contribution in [0.4, 0.5) is 0 Å². The molecule has 20 heavy (non-hydrogen) atoms. The number of ether oxygens (including phenoxy) is 1. The highest BCUT2D eigenvalue weighted by Crippen LogP contribution is 2.25. The second-order valence-corrected chi connectivity index (χ2v) is 5.00. The third-order valence-electron chi connectivity index (χ3n) is 2.64. The fourth-order valence-electron chi connectivity index (χ4n) is 1.63. The Morgan fingerprint density at radius 3 is 2.65 bits per heavy atom. The Balaban J connectivity index is 2.48. The first kappa shape index (κ1) is 16.5. The van der Waals surface area contributed by atoms with Crippen molar-refractivity contribution >= 4 is 23.5 Å². The molecule has 1 aromatic rings. The summed E-state index contributed by atoms with van der Waals surface area (Å²) >= 11 is 6.12. The molecule has 0 radical (unpaired) electrons. The standard InChI is InChI=1S/C14H18ClNO4/c1-9(2)11-4-3-10(7-12(11)15)14(19)16-5-6-20-8-13(17)18/h3-4,7,9H,5-6,8H2,1-2H3,(H,16,19)(H,17,18). The maximum absolute atomic E-state index is 11.8. The maximum Gasteiger partial charge on any atom is 0.329 e. The van der Waals surface area contributed by atoms with E-state index in [0.29, 0.717) is 16.5 Å². The zero-order valence-electron chi connectivity index (χ0n) is 11.5. The summed E-state index contributed by atoms with van der Waals surface area (Å²) < 4.78 is 4.82. The van der Waals surface area contributed by atoms with Crippen molar-refractivity contribution in [2.45, 2.75) is 19.8 Å². The van der Waals surface area contributed by atoms with Crippen molar-refractivity contribution in [2.24, 2.45) is 0 Å². The first-order valence-corrected chi connectivity index (χ1v) is 6.66. The average molecular weight is 300 g/mol. The summed E-state index contributed by atoms with van der Waals surface area (Å²) in [6, 6.07) is 5.18. The Morgan fingerprint density at radius 2 is 2.10 bits per heavy atom. The van der Waals surface area contributed by atoms with Crippen LogP contribution in [0.3, 0.4) is 0 Å². The Labute approximate surface area is 122 Å². The normalized spacial score (nSPS) is 10.6. The van der Waals surface area contributed by atoms with Crippen molar-refractivity contribution in [3.05, 3.63) is 34.3 Å². The minimum Gasteiger partial charge on any atom is -0.480 e. The van der Waals surface area contributed by atoms with E-state index in [2.05, 4.69) is 5.32 Å². The Bertz CT molecular complexity index is 488. The second-order valence-electron chi connectivity index (χ2n) is 4.59. The van der Waals surface area contributed by atoms with Crippen LogP contribution in [-0.2, 0) is 9.53 Å². The number of carbonyl (C=O) groups excluding carboxylic acids is 1. The van der Waals surface area contributed by atoms with E-state index >= 15 is 0 Å². The number of aliphatic carboxylic acids is 1. The zero-order chi connectivity index (χ0) is 15.1. The van der Waals surface area contributed by atoms with Crippen LogP contribution in [0.25, 0.3) is 0 Å². The third-order valence-corrected chi connectivity index (χ3v) is 2.97. The number of amides is 1. The van der Waals surface area contributed by atoms with Gasteiger partial charge in [-0.3, -0.25) is 4.79 Å². The van der Waals surface area contributed by atoms with Crippen molar-refractivity contribution < 1.29 is 19.4 Å². The van der Waals surface area contributed by atoms with Gasteiger partial charge in [0.15, 0.2) is 0 Å². The van der Waals surface area contributed by atoms with E-state index in [1.807, 2.05) is 19.9 Å². The number of carboxylic acids is 1. The highest BCUT2D eigenvalue weighted by molar-refractivity contribution is 6.31. The molecule has 0 unspecified atom stereocenters. The summed E-state index contributed by atoms with van der Waals surface area (Å²) in [5, 5.41) is 11.6.